The minimum absolute atomic E-state index is 0.341. The van der Waals surface area contributed by atoms with E-state index in [2.05, 4.69) is 15.3 Å². The Balaban J connectivity index is 2.08. The fourth-order valence-electron chi connectivity index (χ4n) is 1.38. The van der Waals surface area contributed by atoms with Crippen molar-refractivity contribution < 1.29 is 4.39 Å². The average molecular weight is 240 g/mol. The predicted molar refractivity (Wildman–Crippen MR) is 62.1 cm³/mol. The number of aromatic amines is 1. The van der Waals surface area contributed by atoms with Crippen LogP contribution in [0.1, 0.15) is 11.4 Å². The molecule has 0 bridgehead atoms. The van der Waals surface area contributed by atoms with Crippen LogP contribution < -0.4 is 5.32 Å². The predicted octanol–water partition coefficient (Wildman–Crippen LogP) is 3.12. The van der Waals surface area contributed by atoms with Gasteiger partial charge in [-0.15, -0.1) is 0 Å². The molecule has 0 aliphatic carbocycles. The molecule has 16 heavy (non-hydrogen) atoms. The van der Waals surface area contributed by atoms with Crippen LogP contribution in [0.2, 0.25) is 5.02 Å². The summed E-state index contributed by atoms with van der Waals surface area (Å²) < 4.78 is 12.8. The van der Waals surface area contributed by atoms with Crippen LogP contribution in [0.3, 0.4) is 0 Å². The Morgan fingerprint density at radius 1 is 1.50 bits per heavy atom. The highest BCUT2D eigenvalue weighted by molar-refractivity contribution is 6.33. The van der Waals surface area contributed by atoms with Crippen molar-refractivity contribution in [2.75, 3.05) is 5.32 Å². The molecule has 0 saturated carbocycles. The number of hydrogen-bond donors (Lipinski definition) is 2. The van der Waals surface area contributed by atoms with Crippen molar-refractivity contribution in [3.05, 3.63) is 46.8 Å². The molecule has 84 valence electrons. The Bertz CT molecular complexity index is 496. The lowest BCUT2D eigenvalue weighted by Gasteiger charge is -2.07. The van der Waals surface area contributed by atoms with Gasteiger partial charge in [0.25, 0.3) is 0 Å². The van der Waals surface area contributed by atoms with Crippen LogP contribution in [0.4, 0.5) is 10.1 Å². The Hall–Kier alpha value is -1.55. The third kappa shape index (κ3) is 2.33. The van der Waals surface area contributed by atoms with Crippen molar-refractivity contribution in [3.63, 3.8) is 0 Å². The van der Waals surface area contributed by atoms with E-state index in [1.54, 1.807) is 12.4 Å². The fraction of sp³-hybridized carbons (Fsp3) is 0.182. The second-order valence-electron chi connectivity index (χ2n) is 3.45. The molecule has 0 aliphatic rings. The van der Waals surface area contributed by atoms with Crippen LogP contribution in [0.5, 0.6) is 0 Å². The maximum absolute atomic E-state index is 12.8. The molecule has 1 aromatic heterocycles. The quantitative estimate of drug-likeness (QED) is 0.864. The Kier molecular flexibility index (Phi) is 3.10. The highest BCUT2D eigenvalue weighted by Crippen LogP contribution is 2.22. The zero-order valence-corrected chi connectivity index (χ0v) is 9.48. The second-order valence-corrected chi connectivity index (χ2v) is 3.86. The van der Waals surface area contributed by atoms with E-state index in [1.807, 2.05) is 6.92 Å². The molecule has 3 nitrogen and oxygen atoms in total. The van der Waals surface area contributed by atoms with Gasteiger partial charge >= 0.3 is 0 Å². The minimum atomic E-state index is -0.341. The van der Waals surface area contributed by atoms with Gasteiger partial charge in [0.2, 0.25) is 0 Å². The van der Waals surface area contributed by atoms with Crippen molar-refractivity contribution >= 4 is 17.3 Å². The molecular formula is C11H11ClFN3. The van der Waals surface area contributed by atoms with E-state index in [0.717, 1.165) is 11.4 Å². The molecule has 1 aromatic carbocycles. The Labute approximate surface area is 97.7 Å². The fourth-order valence-corrected chi connectivity index (χ4v) is 1.61. The second kappa shape index (κ2) is 4.53. The third-order valence-electron chi connectivity index (χ3n) is 2.31. The van der Waals surface area contributed by atoms with Crippen LogP contribution in [-0.2, 0) is 6.54 Å². The minimum Gasteiger partial charge on any atom is -0.378 e. The summed E-state index contributed by atoms with van der Waals surface area (Å²) in [5.74, 6) is -0.341. The topological polar surface area (TPSA) is 40.7 Å². The van der Waals surface area contributed by atoms with E-state index in [1.165, 1.54) is 12.1 Å². The van der Waals surface area contributed by atoms with Gasteiger partial charge in [-0.05, 0) is 25.1 Å². The van der Waals surface area contributed by atoms with E-state index in [-0.39, 0.29) is 5.82 Å². The highest BCUT2D eigenvalue weighted by atomic mass is 35.5. The van der Waals surface area contributed by atoms with Crippen molar-refractivity contribution in [1.29, 1.82) is 0 Å². The average Bonchev–Trinajstić information content (AvgIpc) is 2.63. The van der Waals surface area contributed by atoms with Crippen molar-refractivity contribution in [2.45, 2.75) is 13.5 Å². The molecule has 0 radical (unpaired) electrons. The Morgan fingerprint density at radius 2 is 2.31 bits per heavy atom. The first-order chi connectivity index (χ1) is 7.66. The lowest BCUT2D eigenvalue weighted by molar-refractivity contribution is 0.628. The van der Waals surface area contributed by atoms with Crippen molar-refractivity contribution in [1.82, 2.24) is 9.97 Å². The lowest BCUT2D eigenvalue weighted by atomic mass is 10.3. The maximum atomic E-state index is 12.8. The molecule has 2 N–H and O–H groups in total. The molecule has 0 fully saturated rings. The largest absolute Gasteiger partial charge is 0.378 e. The number of anilines is 1. The first-order valence-corrected chi connectivity index (χ1v) is 5.22. The van der Waals surface area contributed by atoms with Gasteiger partial charge in [-0.2, -0.15) is 0 Å². The summed E-state index contributed by atoms with van der Waals surface area (Å²) in [5, 5.41) is 3.47. The number of imidazole rings is 1. The summed E-state index contributed by atoms with van der Waals surface area (Å²) in [4.78, 5) is 7.13. The van der Waals surface area contributed by atoms with Crippen LogP contribution in [0, 0.1) is 12.7 Å². The van der Waals surface area contributed by atoms with Crippen molar-refractivity contribution in [3.8, 4) is 0 Å². The van der Waals surface area contributed by atoms with E-state index in [4.69, 9.17) is 11.6 Å². The number of halogens is 2. The van der Waals surface area contributed by atoms with Crippen LogP contribution in [0.15, 0.2) is 24.5 Å². The summed E-state index contributed by atoms with van der Waals surface area (Å²) in [6.07, 6.45) is 1.64. The number of nitrogens with one attached hydrogen (secondary N) is 2. The lowest BCUT2D eigenvalue weighted by Crippen LogP contribution is -2.01. The summed E-state index contributed by atoms with van der Waals surface area (Å²) in [6, 6.07) is 4.26. The highest BCUT2D eigenvalue weighted by Gasteiger charge is 2.04. The maximum Gasteiger partial charge on any atom is 0.124 e. The number of rotatable bonds is 3. The van der Waals surface area contributed by atoms with Gasteiger partial charge in [0.1, 0.15) is 5.82 Å². The smallest absolute Gasteiger partial charge is 0.124 e. The van der Waals surface area contributed by atoms with Gasteiger partial charge in [-0.1, -0.05) is 11.6 Å². The molecule has 0 aliphatic heterocycles. The van der Waals surface area contributed by atoms with E-state index >= 15 is 0 Å². The molecule has 0 atom stereocenters. The molecule has 0 unspecified atom stereocenters. The van der Waals surface area contributed by atoms with Crippen LogP contribution in [0.25, 0.3) is 0 Å². The molecular weight excluding hydrogens is 229 g/mol. The first kappa shape index (κ1) is 11.0. The summed E-state index contributed by atoms with van der Waals surface area (Å²) in [7, 11) is 0. The van der Waals surface area contributed by atoms with E-state index < -0.39 is 0 Å². The van der Waals surface area contributed by atoms with Gasteiger partial charge in [0, 0.05) is 5.69 Å². The van der Waals surface area contributed by atoms with Crippen LogP contribution in [-0.4, -0.2) is 9.97 Å². The first-order valence-electron chi connectivity index (χ1n) is 4.84. The molecule has 2 rings (SSSR count). The number of aryl methyl sites for hydroxylation is 1. The van der Waals surface area contributed by atoms with Gasteiger partial charge < -0.3 is 10.3 Å². The standard InChI is InChI=1S/C11H11ClFN3/c1-7-11(16-6-15-7)5-14-10-3-2-8(13)4-9(10)12/h2-4,6,14H,5H2,1H3,(H,15,16). The monoisotopic (exact) mass is 239 g/mol. The summed E-state index contributed by atoms with van der Waals surface area (Å²) >= 11 is 5.88. The summed E-state index contributed by atoms with van der Waals surface area (Å²) in [5.41, 5.74) is 2.62. The summed E-state index contributed by atoms with van der Waals surface area (Å²) in [6.45, 7) is 2.50. The zero-order valence-electron chi connectivity index (χ0n) is 8.72. The van der Waals surface area contributed by atoms with Crippen LogP contribution >= 0.6 is 11.6 Å². The number of H-pyrrole nitrogens is 1. The zero-order chi connectivity index (χ0) is 11.5. The van der Waals surface area contributed by atoms with Gasteiger partial charge in [-0.3, -0.25) is 0 Å². The third-order valence-corrected chi connectivity index (χ3v) is 2.62. The molecule has 0 spiro atoms. The molecule has 0 amide bonds. The number of benzene rings is 1. The number of hydrogen-bond acceptors (Lipinski definition) is 2. The molecule has 1 heterocycles. The molecule has 2 aromatic rings. The Morgan fingerprint density at radius 3 is 2.94 bits per heavy atom. The molecule has 5 heteroatoms. The van der Waals surface area contributed by atoms with Crippen molar-refractivity contribution in [2.24, 2.45) is 0 Å². The van der Waals surface area contributed by atoms with E-state index in [0.29, 0.717) is 17.3 Å². The SMILES string of the molecule is Cc1[nH]cnc1CNc1ccc(F)cc1Cl. The number of aromatic nitrogens is 2. The normalized spacial score (nSPS) is 10.4. The van der Waals surface area contributed by atoms with E-state index in [9.17, 15) is 4.39 Å². The van der Waals surface area contributed by atoms with Gasteiger partial charge in [0.05, 0.1) is 29.3 Å². The van der Waals surface area contributed by atoms with Gasteiger partial charge in [0.15, 0.2) is 0 Å². The van der Waals surface area contributed by atoms with Gasteiger partial charge in [-0.25, -0.2) is 9.37 Å². The molecule has 0 saturated heterocycles. The number of nitrogens with zero attached hydrogens (tertiary/aromatic N) is 1.